The minimum atomic E-state index is 0.790. The van der Waals surface area contributed by atoms with Gasteiger partial charge in [0.1, 0.15) is 0 Å². The third-order valence-electron chi connectivity index (χ3n) is 1.92. The quantitative estimate of drug-likeness (QED) is 0.789. The zero-order valence-corrected chi connectivity index (χ0v) is 10.7. The van der Waals surface area contributed by atoms with Crippen LogP contribution in [-0.2, 0) is 0 Å². The number of nitrogens with zero attached hydrogens (tertiary/aromatic N) is 1. The van der Waals surface area contributed by atoms with Crippen molar-refractivity contribution >= 4 is 32.6 Å². The van der Waals surface area contributed by atoms with Crippen molar-refractivity contribution in [2.24, 2.45) is 0 Å². The van der Waals surface area contributed by atoms with E-state index in [1.165, 1.54) is 0 Å². The van der Waals surface area contributed by atoms with Crippen molar-refractivity contribution in [3.63, 3.8) is 0 Å². The van der Waals surface area contributed by atoms with Crippen LogP contribution >= 0.6 is 27.5 Å². The van der Waals surface area contributed by atoms with E-state index in [1.807, 2.05) is 19.1 Å². The third-order valence-corrected chi connectivity index (χ3v) is 2.71. The molecule has 0 amide bonds. The van der Waals surface area contributed by atoms with E-state index in [1.54, 1.807) is 6.20 Å². The number of allylic oxidation sites excluding steroid dienone is 1. The molecule has 1 aromatic rings. The summed E-state index contributed by atoms with van der Waals surface area (Å²) in [6, 6.07) is 2.00. The molecule has 76 valence electrons. The van der Waals surface area contributed by atoms with E-state index in [0.29, 0.717) is 0 Å². The topological polar surface area (TPSA) is 12.9 Å². The van der Waals surface area contributed by atoms with Gasteiger partial charge in [-0.05, 0) is 35.3 Å². The first kappa shape index (κ1) is 11.7. The molecule has 3 heteroatoms. The largest absolute Gasteiger partial charge is 0.260 e. The van der Waals surface area contributed by atoms with Crippen LogP contribution in [0.5, 0.6) is 0 Å². The summed E-state index contributed by atoms with van der Waals surface area (Å²) in [5.74, 6) is 0. The highest BCUT2D eigenvalue weighted by molar-refractivity contribution is 9.10. The summed E-state index contributed by atoms with van der Waals surface area (Å²) in [6.45, 7) is 4.09. The van der Waals surface area contributed by atoms with E-state index in [-0.39, 0.29) is 0 Å². The molecule has 1 nitrogen and oxygen atoms in total. The van der Waals surface area contributed by atoms with Gasteiger partial charge in [-0.3, -0.25) is 4.98 Å². The van der Waals surface area contributed by atoms with E-state index in [2.05, 4.69) is 27.8 Å². The molecule has 0 radical (unpaired) electrons. The number of aromatic nitrogens is 1. The average molecular weight is 275 g/mol. The minimum Gasteiger partial charge on any atom is -0.260 e. The predicted molar refractivity (Wildman–Crippen MR) is 65.4 cm³/mol. The number of halogens is 2. The molecule has 14 heavy (non-hydrogen) atoms. The van der Waals surface area contributed by atoms with E-state index in [0.717, 1.165) is 33.6 Å². The standard InChI is InChI=1S/C11H13BrClN/c1-3-4-5-11(13)10-6-9(12)7-14-8(10)2/h5-7H,3-4H2,1-2H3/b11-5+. The van der Waals surface area contributed by atoms with Gasteiger partial charge in [0.25, 0.3) is 0 Å². The van der Waals surface area contributed by atoms with Gasteiger partial charge in [0.15, 0.2) is 0 Å². The van der Waals surface area contributed by atoms with E-state index < -0.39 is 0 Å². The van der Waals surface area contributed by atoms with E-state index >= 15 is 0 Å². The first-order chi connectivity index (χ1) is 6.65. The Morgan fingerprint density at radius 1 is 1.64 bits per heavy atom. The maximum absolute atomic E-state index is 6.16. The molecule has 0 fully saturated rings. The molecule has 0 saturated carbocycles. The van der Waals surface area contributed by atoms with Gasteiger partial charge in [0.05, 0.1) is 0 Å². The Bertz CT molecular complexity index is 347. The fourth-order valence-electron chi connectivity index (χ4n) is 1.13. The average Bonchev–Trinajstić information content (AvgIpc) is 2.18. The molecule has 0 aromatic carbocycles. The first-order valence-electron chi connectivity index (χ1n) is 4.63. The Hall–Kier alpha value is -0.340. The monoisotopic (exact) mass is 273 g/mol. The minimum absolute atomic E-state index is 0.790. The SMILES string of the molecule is CCC/C=C(/Cl)c1cc(Br)cnc1C. The van der Waals surface area contributed by atoms with Crippen molar-refractivity contribution in [3.05, 3.63) is 34.1 Å². The third kappa shape index (κ3) is 3.10. The van der Waals surface area contributed by atoms with Gasteiger partial charge in [0, 0.05) is 27.0 Å². The second-order valence-electron chi connectivity index (χ2n) is 3.13. The highest BCUT2D eigenvalue weighted by atomic mass is 79.9. The van der Waals surface area contributed by atoms with Gasteiger partial charge in [-0.2, -0.15) is 0 Å². The summed E-state index contributed by atoms with van der Waals surface area (Å²) in [5, 5.41) is 0.790. The summed E-state index contributed by atoms with van der Waals surface area (Å²) in [7, 11) is 0. The van der Waals surface area contributed by atoms with Crippen LogP contribution in [0.15, 0.2) is 22.8 Å². The van der Waals surface area contributed by atoms with Gasteiger partial charge in [-0.15, -0.1) is 0 Å². The smallest absolute Gasteiger partial charge is 0.0460 e. The first-order valence-corrected chi connectivity index (χ1v) is 5.80. The Kier molecular flexibility index (Phi) is 4.63. The lowest BCUT2D eigenvalue weighted by Gasteiger charge is -2.03. The number of unbranched alkanes of at least 4 members (excludes halogenated alkanes) is 1. The van der Waals surface area contributed by atoms with Crippen LogP contribution in [0.2, 0.25) is 0 Å². The van der Waals surface area contributed by atoms with Crippen LogP contribution in [0.3, 0.4) is 0 Å². The molecule has 0 atom stereocenters. The second-order valence-corrected chi connectivity index (χ2v) is 4.45. The normalized spacial score (nSPS) is 11.9. The van der Waals surface area contributed by atoms with E-state index in [4.69, 9.17) is 11.6 Å². The van der Waals surface area contributed by atoms with Crippen LogP contribution in [0.1, 0.15) is 31.0 Å². The molecule has 1 aromatic heterocycles. The maximum Gasteiger partial charge on any atom is 0.0460 e. The van der Waals surface area contributed by atoms with Gasteiger partial charge in [-0.1, -0.05) is 31.0 Å². The maximum atomic E-state index is 6.16. The van der Waals surface area contributed by atoms with Crippen molar-refractivity contribution in [2.75, 3.05) is 0 Å². The van der Waals surface area contributed by atoms with Gasteiger partial charge >= 0.3 is 0 Å². The lowest BCUT2D eigenvalue weighted by molar-refractivity contribution is 0.961. The number of hydrogen-bond donors (Lipinski definition) is 0. The number of aryl methyl sites for hydroxylation is 1. The lowest BCUT2D eigenvalue weighted by Crippen LogP contribution is -1.88. The Balaban J connectivity index is 2.99. The van der Waals surface area contributed by atoms with Gasteiger partial charge in [-0.25, -0.2) is 0 Å². The van der Waals surface area contributed by atoms with Crippen LogP contribution < -0.4 is 0 Å². The van der Waals surface area contributed by atoms with Gasteiger partial charge < -0.3 is 0 Å². The molecule has 0 aliphatic rings. The molecule has 0 saturated heterocycles. The summed E-state index contributed by atoms with van der Waals surface area (Å²) < 4.78 is 0.959. The predicted octanol–water partition coefficient (Wildman–Crippen LogP) is 4.53. The van der Waals surface area contributed by atoms with Crippen LogP contribution in [0.25, 0.3) is 5.03 Å². The van der Waals surface area contributed by atoms with E-state index in [9.17, 15) is 0 Å². The fourth-order valence-corrected chi connectivity index (χ4v) is 1.76. The van der Waals surface area contributed by atoms with Crippen molar-refractivity contribution in [1.29, 1.82) is 0 Å². The summed E-state index contributed by atoms with van der Waals surface area (Å²) in [6.07, 6.45) is 5.93. The Labute approximate surface area is 98.3 Å². The fraction of sp³-hybridized carbons (Fsp3) is 0.364. The van der Waals surface area contributed by atoms with Crippen LogP contribution in [-0.4, -0.2) is 4.98 Å². The van der Waals surface area contributed by atoms with Crippen molar-refractivity contribution in [1.82, 2.24) is 4.98 Å². The van der Waals surface area contributed by atoms with Crippen LogP contribution in [0, 0.1) is 6.92 Å². The highest BCUT2D eigenvalue weighted by Crippen LogP contribution is 2.24. The summed E-state index contributed by atoms with van der Waals surface area (Å²) in [5.41, 5.74) is 1.97. The number of pyridine rings is 1. The zero-order valence-electron chi connectivity index (χ0n) is 8.35. The van der Waals surface area contributed by atoms with Crippen molar-refractivity contribution < 1.29 is 0 Å². The molecule has 0 aliphatic carbocycles. The highest BCUT2D eigenvalue weighted by Gasteiger charge is 2.03. The summed E-state index contributed by atoms with van der Waals surface area (Å²) in [4.78, 5) is 4.24. The molecule has 0 spiro atoms. The Morgan fingerprint density at radius 3 is 3.00 bits per heavy atom. The molecule has 1 rings (SSSR count). The zero-order chi connectivity index (χ0) is 10.6. The lowest BCUT2D eigenvalue weighted by atomic mass is 10.1. The molecule has 0 bridgehead atoms. The molecular weight excluding hydrogens is 261 g/mol. The number of rotatable bonds is 3. The van der Waals surface area contributed by atoms with Crippen molar-refractivity contribution in [2.45, 2.75) is 26.7 Å². The van der Waals surface area contributed by atoms with Gasteiger partial charge in [0.2, 0.25) is 0 Å². The number of hydrogen-bond acceptors (Lipinski definition) is 1. The Morgan fingerprint density at radius 2 is 2.36 bits per heavy atom. The molecule has 0 unspecified atom stereocenters. The molecular formula is C11H13BrClN. The molecule has 0 N–H and O–H groups in total. The summed E-state index contributed by atoms with van der Waals surface area (Å²) >= 11 is 9.55. The van der Waals surface area contributed by atoms with Crippen molar-refractivity contribution in [3.8, 4) is 0 Å². The second kappa shape index (κ2) is 5.52. The molecule has 0 aliphatic heterocycles. The van der Waals surface area contributed by atoms with Crippen LogP contribution in [0.4, 0.5) is 0 Å². The molecule has 1 heterocycles.